The van der Waals surface area contributed by atoms with Gasteiger partial charge in [-0.1, -0.05) is 24.3 Å². The minimum atomic E-state index is -3.50. The van der Waals surface area contributed by atoms with Crippen molar-refractivity contribution < 1.29 is 22.7 Å². The van der Waals surface area contributed by atoms with E-state index >= 15 is 0 Å². The van der Waals surface area contributed by atoms with Crippen molar-refractivity contribution in [3.63, 3.8) is 0 Å². The molecule has 1 aliphatic heterocycles. The number of nitrogens with one attached hydrogen (secondary N) is 1. The summed E-state index contributed by atoms with van der Waals surface area (Å²) in [5.74, 6) is -0.635. The molecule has 8 heteroatoms. The zero-order chi connectivity index (χ0) is 20.1. The second-order valence-electron chi connectivity index (χ2n) is 6.56. The molecule has 3 rings (SSSR count). The lowest BCUT2D eigenvalue weighted by atomic mass is 9.99. The van der Waals surface area contributed by atoms with Gasteiger partial charge in [-0.15, -0.1) is 0 Å². The summed E-state index contributed by atoms with van der Waals surface area (Å²) in [4.78, 5) is 25.7. The minimum absolute atomic E-state index is 0.136. The van der Waals surface area contributed by atoms with E-state index in [2.05, 4.69) is 5.32 Å². The third kappa shape index (κ3) is 4.69. The van der Waals surface area contributed by atoms with Crippen molar-refractivity contribution in [2.75, 3.05) is 24.7 Å². The first-order valence-electron chi connectivity index (χ1n) is 8.91. The molecular formula is C20H22N2O5S. The lowest BCUT2D eigenvalue weighted by Gasteiger charge is -2.28. The van der Waals surface area contributed by atoms with Gasteiger partial charge in [0.1, 0.15) is 0 Å². The number of hydrogen-bond donors (Lipinski definition) is 1. The molecule has 0 spiro atoms. The van der Waals surface area contributed by atoms with Crippen LogP contribution in [0.4, 0.5) is 10.5 Å². The molecule has 0 saturated heterocycles. The van der Waals surface area contributed by atoms with Gasteiger partial charge in [0.2, 0.25) is 5.91 Å². The molecule has 148 valence electrons. The maximum Gasteiger partial charge on any atom is 0.409 e. The largest absolute Gasteiger partial charge is 0.453 e. The maximum atomic E-state index is 12.3. The summed E-state index contributed by atoms with van der Waals surface area (Å²) in [6.45, 7) is 0.997. The smallest absolute Gasteiger partial charge is 0.409 e. The number of nitrogens with zero attached hydrogens (tertiary/aromatic N) is 1. The highest BCUT2D eigenvalue weighted by Crippen LogP contribution is 2.23. The molecule has 0 saturated carbocycles. The third-order valence-electron chi connectivity index (χ3n) is 4.64. The number of sulfone groups is 1. The fourth-order valence-corrected chi connectivity index (χ4v) is 4.38. The number of fused-ring (bicyclic) bond motifs is 1. The average Bonchev–Trinajstić information content (AvgIpc) is 2.72. The molecule has 7 nitrogen and oxygen atoms in total. The van der Waals surface area contributed by atoms with Gasteiger partial charge in [-0.05, 0) is 41.8 Å². The molecule has 0 aromatic heterocycles. The highest BCUT2D eigenvalue weighted by atomic mass is 32.2. The van der Waals surface area contributed by atoms with Crippen molar-refractivity contribution in [2.45, 2.75) is 24.3 Å². The molecule has 1 N–H and O–H groups in total. The number of benzene rings is 2. The van der Waals surface area contributed by atoms with Crippen LogP contribution in [0.25, 0.3) is 0 Å². The summed E-state index contributed by atoms with van der Waals surface area (Å²) >= 11 is 0. The van der Waals surface area contributed by atoms with Crippen LogP contribution in [0.2, 0.25) is 0 Å². The Morgan fingerprint density at radius 2 is 1.86 bits per heavy atom. The number of rotatable bonds is 5. The molecule has 0 radical (unpaired) electrons. The van der Waals surface area contributed by atoms with Crippen LogP contribution in [0, 0.1) is 0 Å². The Kier molecular flexibility index (Phi) is 5.99. The first-order chi connectivity index (χ1) is 13.4. The molecule has 0 bridgehead atoms. The Bertz CT molecular complexity index is 973. The molecule has 1 aliphatic rings. The third-order valence-corrected chi connectivity index (χ3v) is 6.37. The Balaban J connectivity index is 1.61. The van der Waals surface area contributed by atoms with Gasteiger partial charge < -0.3 is 15.0 Å². The lowest BCUT2D eigenvalue weighted by molar-refractivity contribution is -0.115. The van der Waals surface area contributed by atoms with Gasteiger partial charge in [0.25, 0.3) is 0 Å². The zero-order valence-electron chi connectivity index (χ0n) is 15.6. The van der Waals surface area contributed by atoms with E-state index in [1.54, 1.807) is 29.2 Å². The maximum absolute atomic E-state index is 12.3. The Morgan fingerprint density at radius 1 is 1.11 bits per heavy atom. The summed E-state index contributed by atoms with van der Waals surface area (Å²) in [5, 5.41) is 2.74. The van der Waals surface area contributed by atoms with E-state index in [0.717, 1.165) is 11.1 Å². The van der Waals surface area contributed by atoms with Crippen LogP contribution in [-0.2, 0) is 32.3 Å². The predicted octanol–water partition coefficient (Wildman–Crippen LogP) is 2.61. The van der Waals surface area contributed by atoms with Crippen molar-refractivity contribution >= 4 is 27.5 Å². The van der Waals surface area contributed by atoms with Crippen molar-refractivity contribution in [1.82, 2.24) is 4.90 Å². The molecule has 0 aliphatic carbocycles. The molecule has 2 aromatic rings. The van der Waals surface area contributed by atoms with Gasteiger partial charge in [0.05, 0.1) is 17.8 Å². The molecule has 0 fully saturated rings. The van der Waals surface area contributed by atoms with Crippen LogP contribution in [-0.4, -0.2) is 44.7 Å². The van der Waals surface area contributed by atoms with Gasteiger partial charge >= 0.3 is 6.09 Å². The van der Waals surface area contributed by atoms with Gasteiger partial charge in [-0.2, -0.15) is 0 Å². The first-order valence-corrected chi connectivity index (χ1v) is 10.6. The summed E-state index contributed by atoms with van der Waals surface area (Å²) < 4.78 is 29.3. The van der Waals surface area contributed by atoms with E-state index in [0.29, 0.717) is 25.2 Å². The lowest BCUT2D eigenvalue weighted by Crippen LogP contribution is -2.35. The zero-order valence-corrected chi connectivity index (χ0v) is 16.4. The van der Waals surface area contributed by atoms with Gasteiger partial charge in [-0.25, -0.2) is 13.2 Å². The standard InChI is InChI=1S/C20H22N2O5S/c1-27-20(24)22-11-9-15-7-8-17(13-16(15)14-22)21-19(23)10-12-28(25,26)18-5-3-2-4-6-18/h2-8,13H,9-12,14H2,1H3,(H,21,23). The molecule has 2 amide bonds. The van der Waals surface area contributed by atoms with E-state index in [1.165, 1.54) is 19.2 Å². The van der Waals surface area contributed by atoms with Crippen LogP contribution < -0.4 is 5.32 Å². The number of methoxy groups -OCH3 is 1. The normalized spacial score (nSPS) is 13.5. The minimum Gasteiger partial charge on any atom is -0.453 e. The molecule has 2 aromatic carbocycles. The number of ether oxygens (including phenoxy) is 1. The average molecular weight is 402 g/mol. The second kappa shape index (κ2) is 8.43. The highest BCUT2D eigenvalue weighted by Gasteiger charge is 2.22. The van der Waals surface area contributed by atoms with E-state index < -0.39 is 9.84 Å². The van der Waals surface area contributed by atoms with E-state index in [-0.39, 0.29) is 29.1 Å². The van der Waals surface area contributed by atoms with E-state index in [4.69, 9.17) is 4.74 Å². The quantitative estimate of drug-likeness (QED) is 0.830. The summed E-state index contributed by atoms with van der Waals surface area (Å²) in [6.07, 6.45) is 0.197. The molecule has 1 heterocycles. The predicted molar refractivity (Wildman–Crippen MR) is 105 cm³/mol. The first kappa shape index (κ1) is 19.9. The van der Waals surface area contributed by atoms with Gasteiger partial charge in [0, 0.05) is 25.2 Å². The highest BCUT2D eigenvalue weighted by molar-refractivity contribution is 7.91. The van der Waals surface area contributed by atoms with E-state index in [9.17, 15) is 18.0 Å². The van der Waals surface area contributed by atoms with E-state index in [1.807, 2.05) is 12.1 Å². The Morgan fingerprint density at radius 3 is 2.57 bits per heavy atom. The number of carbonyl (C=O) groups excluding carboxylic acids is 2. The van der Waals surface area contributed by atoms with Crippen LogP contribution in [0.1, 0.15) is 17.5 Å². The number of carbonyl (C=O) groups is 2. The SMILES string of the molecule is COC(=O)N1CCc2ccc(NC(=O)CCS(=O)(=O)c3ccccc3)cc2C1. The second-order valence-corrected chi connectivity index (χ2v) is 8.66. The van der Waals surface area contributed by atoms with Crippen molar-refractivity contribution in [1.29, 1.82) is 0 Å². The molecule has 0 atom stereocenters. The van der Waals surface area contributed by atoms with Gasteiger partial charge in [-0.3, -0.25) is 4.79 Å². The Hall–Kier alpha value is -2.87. The number of amides is 2. The summed E-state index contributed by atoms with van der Waals surface area (Å²) in [5.41, 5.74) is 2.63. The monoisotopic (exact) mass is 402 g/mol. The summed E-state index contributed by atoms with van der Waals surface area (Å²) in [7, 11) is -2.16. The van der Waals surface area contributed by atoms with Crippen molar-refractivity contribution in [2.24, 2.45) is 0 Å². The number of hydrogen-bond acceptors (Lipinski definition) is 5. The van der Waals surface area contributed by atoms with Crippen LogP contribution in [0.3, 0.4) is 0 Å². The molecular weight excluding hydrogens is 380 g/mol. The van der Waals surface area contributed by atoms with Crippen molar-refractivity contribution in [3.05, 3.63) is 59.7 Å². The van der Waals surface area contributed by atoms with Crippen LogP contribution in [0.5, 0.6) is 0 Å². The number of anilines is 1. The summed E-state index contributed by atoms with van der Waals surface area (Å²) in [6, 6.07) is 13.6. The topological polar surface area (TPSA) is 92.8 Å². The van der Waals surface area contributed by atoms with Crippen LogP contribution in [0.15, 0.2) is 53.4 Å². The fourth-order valence-electron chi connectivity index (χ4n) is 3.12. The Labute approximate surface area is 164 Å². The molecule has 28 heavy (non-hydrogen) atoms. The van der Waals surface area contributed by atoms with Gasteiger partial charge in [0.15, 0.2) is 9.84 Å². The fraction of sp³-hybridized carbons (Fsp3) is 0.300. The van der Waals surface area contributed by atoms with Crippen LogP contribution >= 0.6 is 0 Å². The molecule has 0 unspecified atom stereocenters. The van der Waals surface area contributed by atoms with Crippen molar-refractivity contribution in [3.8, 4) is 0 Å².